The van der Waals surface area contributed by atoms with Gasteiger partial charge in [0.1, 0.15) is 12.1 Å². The molecule has 2 N–H and O–H groups in total. The van der Waals surface area contributed by atoms with Crippen LogP contribution in [0.15, 0.2) is 30.3 Å². The number of hydrogen-bond donors (Lipinski definition) is 2. The quantitative estimate of drug-likeness (QED) is 0.644. The molecular formula is C29H39N5O3. The topological polar surface area (TPSA) is 85.0 Å². The zero-order valence-corrected chi connectivity index (χ0v) is 21.7. The van der Waals surface area contributed by atoms with Crippen molar-refractivity contribution < 1.29 is 14.4 Å². The van der Waals surface area contributed by atoms with Crippen LogP contribution in [0.5, 0.6) is 0 Å². The molecule has 198 valence electrons. The highest BCUT2D eigenvalue weighted by Crippen LogP contribution is 2.55. The second-order valence-corrected chi connectivity index (χ2v) is 12.9. The van der Waals surface area contributed by atoms with E-state index >= 15 is 0 Å². The smallest absolute Gasteiger partial charge is 0.317 e. The van der Waals surface area contributed by atoms with E-state index in [1.807, 2.05) is 35.2 Å². The number of piperidine rings is 1. The van der Waals surface area contributed by atoms with Crippen molar-refractivity contribution in [1.82, 2.24) is 20.4 Å². The number of likely N-dealkylation sites (tertiary alicyclic amines) is 1. The maximum absolute atomic E-state index is 13.9. The Kier molecular flexibility index (Phi) is 5.45. The summed E-state index contributed by atoms with van der Waals surface area (Å²) in [6.45, 7) is 1.60. The number of nitrogens with zero attached hydrogens (tertiary/aromatic N) is 3. The van der Waals surface area contributed by atoms with Crippen molar-refractivity contribution >= 4 is 23.5 Å². The average molecular weight is 506 g/mol. The van der Waals surface area contributed by atoms with Gasteiger partial charge in [-0.3, -0.25) is 9.59 Å². The molecule has 4 amide bonds. The third kappa shape index (κ3) is 4.16. The van der Waals surface area contributed by atoms with Gasteiger partial charge in [0.15, 0.2) is 0 Å². The number of anilines is 1. The molecule has 5 saturated carbocycles. The van der Waals surface area contributed by atoms with E-state index < -0.39 is 5.54 Å². The van der Waals surface area contributed by atoms with Gasteiger partial charge >= 0.3 is 6.03 Å². The SMILES string of the molecule is O=C(CN1CN(c2ccccc2)C2(CCN(C(=O)NC34CC5CC(CC(C5)C3)C4)CC2)C1=O)NC1CC1. The van der Waals surface area contributed by atoms with Gasteiger partial charge in [0.05, 0.1) is 6.67 Å². The fourth-order valence-corrected chi connectivity index (χ4v) is 8.65. The predicted octanol–water partition coefficient (Wildman–Crippen LogP) is 3.08. The van der Waals surface area contributed by atoms with E-state index in [1.54, 1.807) is 4.90 Å². The van der Waals surface area contributed by atoms with E-state index in [2.05, 4.69) is 15.5 Å². The molecule has 8 rings (SSSR count). The molecule has 2 saturated heterocycles. The second kappa shape index (κ2) is 8.63. The summed E-state index contributed by atoms with van der Waals surface area (Å²) in [5, 5.41) is 6.53. The van der Waals surface area contributed by atoms with Crippen LogP contribution in [0.4, 0.5) is 10.5 Å². The molecule has 4 bridgehead atoms. The minimum Gasteiger partial charge on any atom is -0.352 e. The highest BCUT2D eigenvalue weighted by Gasteiger charge is 2.56. The number of para-hydroxylation sites is 1. The van der Waals surface area contributed by atoms with Crippen LogP contribution < -0.4 is 15.5 Å². The molecule has 0 aromatic heterocycles. The number of amides is 4. The van der Waals surface area contributed by atoms with Gasteiger partial charge < -0.3 is 25.3 Å². The molecule has 7 fully saturated rings. The van der Waals surface area contributed by atoms with Crippen LogP contribution in [-0.2, 0) is 9.59 Å². The first-order valence-corrected chi connectivity index (χ1v) is 14.4. The van der Waals surface area contributed by atoms with Crippen LogP contribution >= 0.6 is 0 Å². The lowest BCUT2D eigenvalue weighted by Crippen LogP contribution is -2.64. The third-order valence-electron chi connectivity index (χ3n) is 10.1. The Balaban J connectivity index is 1.05. The van der Waals surface area contributed by atoms with Gasteiger partial charge in [0.25, 0.3) is 5.91 Å². The fourth-order valence-electron chi connectivity index (χ4n) is 8.65. The molecular weight excluding hydrogens is 466 g/mol. The molecule has 8 nitrogen and oxygen atoms in total. The van der Waals surface area contributed by atoms with Crippen LogP contribution in [0.1, 0.15) is 64.2 Å². The Bertz CT molecular complexity index is 1040. The van der Waals surface area contributed by atoms with E-state index in [0.29, 0.717) is 32.6 Å². The van der Waals surface area contributed by atoms with Crippen molar-refractivity contribution in [3.05, 3.63) is 30.3 Å². The van der Waals surface area contributed by atoms with Crippen LogP contribution in [-0.4, -0.2) is 71.1 Å². The molecule has 1 aromatic rings. The molecule has 1 aromatic carbocycles. The molecule has 2 aliphatic heterocycles. The first-order valence-electron chi connectivity index (χ1n) is 14.4. The lowest BCUT2D eigenvalue weighted by molar-refractivity contribution is -0.137. The molecule has 0 unspecified atom stereocenters. The van der Waals surface area contributed by atoms with E-state index in [9.17, 15) is 14.4 Å². The van der Waals surface area contributed by atoms with Crippen molar-refractivity contribution in [2.24, 2.45) is 17.8 Å². The van der Waals surface area contributed by atoms with E-state index in [4.69, 9.17) is 0 Å². The van der Waals surface area contributed by atoms with E-state index in [1.165, 1.54) is 19.3 Å². The number of benzene rings is 1. The van der Waals surface area contributed by atoms with E-state index in [0.717, 1.165) is 55.5 Å². The van der Waals surface area contributed by atoms with Gasteiger partial charge in [0.2, 0.25) is 5.91 Å². The van der Waals surface area contributed by atoms with Gasteiger partial charge in [-0.15, -0.1) is 0 Å². The minimum absolute atomic E-state index is 0.00800. The Morgan fingerprint density at radius 1 is 0.919 bits per heavy atom. The highest BCUT2D eigenvalue weighted by atomic mass is 16.2. The van der Waals surface area contributed by atoms with Crippen molar-refractivity contribution in [1.29, 1.82) is 0 Å². The maximum Gasteiger partial charge on any atom is 0.317 e. The maximum atomic E-state index is 13.9. The van der Waals surface area contributed by atoms with Crippen molar-refractivity contribution in [3.63, 3.8) is 0 Å². The summed E-state index contributed by atoms with van der Waals surface area (Å²) in [7, 11) is 0. The van der Waals surface area contributed by atoms with Crippen LogP contribution in [0.2, 0.25) is 0 Å². The Morgan fingerprint density at radius 3 is 2.14 bits per heavy atom. The largest absolute Gasteiger partial charge is 0.352 e. The Hall–Kier alpha value is -2.77. The summed E-state index contributed by atoms with van der Waals surface area (Å²) in [5.41, 5.74) is 0.275. The fraction of sp³-hybridized carbons (Fsp3) is 0.690. The number of hydrogen-bond acceptors (Lipinski definition) is 4. The van der Waals surface area contributed by atoms with Gasteiger partial charge in [0, 0.05) is 30.4 Å². The molecule has 8 heteroatoms. The normalized spacial score (nSPS) is 33.8. The average Bonchev–Trinajstić information content (AvgIpc) is 3.65. The number of rotatable bonds is 5. The first-order chi connectivity index (χ1) is 17.9. The van der Waals surface area contributed by atoms with Crippen molar-refractivity contribution in [2.45, 2.75) is 81.3 Å². The summed E-state index contributed by atoms with van der Waals surface area (Å²) in [4.78, 5) is 45.7. The standard InChI is InChI=1S/C29H39N5O3/c35-25(30-23-6-7-23)18-33-19-34(24-4-2-1-3-5-24)29(26(33)36)8-10-32(11-9-29)27(37)31-28-15-20-12-21(16-28)14-22(13-20)17-28/h1-5,20-23H,6-19H2,(H,30,35)(H,31,37). The molecule has 37 heavy (non-hydrogen) atoms. The number of nitrogens with one attached hydrogen (secondary N) is 2. The van der Waals surface area contributed by atoms with Gasteiger partial charge in [-0.2, -0.15) is 0 Å². The molecule has 0 atom stereocenters. The molecule has 2 heterocycles. The first kappa shape index (κ1) is 23.4. The molecule has 1 spiro atoms. The minimum atomic E-state index is -0.710. The van der Waals surface area contributed by atoms with Gasteiger partial charge in [-0.05, 0) is 94.1 Å². The summed E-state index contributed by atoms with van der Waals surface area (Å²) in [6.07, 6.45) is 10.7. The van der Waals surface area contributed by atoms with Crippen molar-refractivity contribution in [2.75, 3.05) is 31.2 Å². The number of carbonyl (C=O) groups excluding carboxylic acids is 3. The summed E-state index contributed by atoms with van der Waals surface area (Å²) in [5.74, 6) is 2.30. The van der Waals surface area contributed by atoms with Gasteiger partial charge in [-0.1, -0.05) is 18.2 Å². The Labute approximate surface area is 219 Å². The lowest BCUT2D eigenvalue weighted by Gasteiger charge is -2.57. The lowest BCUT2D eigenvalue weighted by atomic mass is 9.53. The molecule has 0 radical (unpaired) electrons. The van der Waals surface area contributed by atoms with Crippen LogP contribution in [0.25, 0.3) is 0 Å². The second-order valence-electron chi connectivity index (χ2n) is 12.9. The summed E-state index contributed by atoms with van der Waals surface area (Å²) in [6, 6.07) is 10.4. The zero-order valence-electron chi connectivity index (χ0n) is 21.7. The predicted molar refractivity (Wildman–Crippen MR) is 140 cm³/mol. The summed E-state index contributed by atoms with van der Waals surface area (Å²) < 4.78 is 0. The van der Waals surface area contributed by atoms with Crippen LogP contribution in [0.3, 0.4) is 0 Å². The van der Waals surface area contributed by atoms with E-state index in [-0.39, 0.29) is 36.0 Å². The van der Waals surface area contributed by atoms with Crippen LogP contribution in [0, 0.1) is 17.8 Å². The van der Waals surface area contributed by atoms with Gasteiger partial charge in [-0.25, -0.2) is 4.79 Å². The Morgan fingerprint density at radius 2 is 1.54 bits per heavy atom. The molecule has 7 aliphatic rings. The monoisotopic (exact) mass is 505 g/mol. The highest BCUT2D eigenvalue weighted by molar-refractivity contribution is 5.96. The summed E-state index contributed by atoms with van der Waals surface area (Å²) >= 11 is 0. The number of urea groups is 1. The third-order valence-corrected chi connectivity index (χ3v) is 10.1. The molecule has 5 aliphatic carbocycles. The van der Waals surface area contributed by atoms with Crippen molar-refractivity contribution in [3.8, 4) is 0 Å². The zero-order chi connectivity index (χ0) is 25.2. The number of carbonyl (C=O) groups is 3.